The summed E-state index contributed by atoms with van der Waals surface area (Å²) in [4.78, 5) is 16.6. The minimum absolute atomic E-state index is 0.119. The standard InChI is InChI=1S/C16H18FN3O/c17-12-7-11-2-1-5-19-15(11)14(8-12)16(21)20-13-4-3-10(6-13)9-18/h1-2,5,7-8,10,13H,3-4,6,9,18H2,(H,20,21). The fourth-order valence-corrected chi connectivity index (χ4v) is 3.01. The van der Waals surface area contributed by atoms with Crippen molar-refractivity contribution in [1.29, 1.82) is 0 Å². The Balaban J connectivity index is 1.85. The van der Waals surface area contributed by atoms with Gasteiger partial charge in [0, 0.05) is 17.6 Å². The van der Waals surface area contributed by atoms with Crippen molar-refractivity contribution in [1.82, 2.24) is 10.3 Å². The van der Waals surface area contributed by atoms with Gasteiger partial charge in [-0.3, -0.25) is 9.78 Å². The molecule has 0 spiro atoms. The molecule has 1 aliphatic rings. The molecule has 0 radical (unpaired) electrons. The van der Waals surface area contributed by atoms with Crippen LogP contribution in [0.3, 0.4) is 0 Å². The molecule has 2 unspecified atom stereocenters. The van der Waals surface area contributed by atoms with Crippen LogP contribution in [0.5, 0.6) is 0 Å². The highest BCUT2D eigenvalue weighted by atomic mass is 19.1. The normalized spacial score (nSPS) is 21.6. The van der Waals surface area contributed by atoms with Gasteiger partial charge in [0.25, 0.3) is 5.91 Å². The van der Waals surface area contributed by atoms with Crippen LogP contribution < -0.4 is 11.1 Å². The summed E-state index contributed by atoms with van der Waals surface area (Å²) in [6, 6.07) is 6.24. The summed E-state index contributed by atoms with van der Waals surface area (Å²) in [7, 11) is 0. The van der Waals surface area contributed by atoms with Gasteiger partial charge in [-0.15, -0.1) is 0 Å². The van der Waals surface area contributed by atoms with Gasteiger partial charge in [-0.25, -0.2) is 4.39 Å². The first-order chi connectivity index (χ1) is 10.2. The second kappa shape index (κ2) is 5.77. The fourth-order valence-electron chi connectivity index (χ4n) is 3.01. The fraction of sp³-hybridized carbons (Fsp3) is 0.375. The van der Waals surface area contributed by atoms with Gasteiger partial charge >= 0.3 is 0 Å². The lowest BCUT2D eigenvalue weighted by molar-refractivity contribution is 0.0938. The smallest absolute Gasteiger partial charge is 0.253 e. The van der Waals surface area contributed by atoms with Gasteiger partial charge in [0.15, 0.2) is 0 Å². The second-order valence-corrected chi connectivity index (χ2v) is 5.61. The number of carbonyl (C=O) groups excluding carboxylic acids is 1. The Morgan fingerprint density at radius 1 is 1.43 bits per heavy atom. The zero-order valence-electron chi connectivity index (χ0n) is 11.7. The molecule has 3 N–H and O–H groups in total. The minimum Gasteiger partial charge on any atom is -0.349 e. The van der Waals surface area contributed by atoms with Crippen molar-refractivity contribution in [3.05, 3.63) is 41.8 Å². The molecule has 0 aliphatic heterocycles. The number of fused-ring (bicyclic) bond motifs is 1. The largest absolute Gasteiger partial charge is 0.349 e. The molecule has 2 atom stereocenters. The van der Waals surface area contributed by atoms with Crippen LogP contribution in [-0.2, 0) is 0 Å². The summed E-state index contributed by atoms with van der Waals surface area (Å²) in [5.41, 5.74) is 6.49. The van der Waals surface area contributed by atoms with Crippen molar-refractivity contribution >= 4 is 16.8 Å². The van der Waals surface area contributed by atoms with Crippen LogP contribution in [0.2, 0.25) is 0 Å². The van der Waals surface area contributed by atoms with Crippen molar-refractivity contribution < 1.29 is 9.18 Å². The Morgan fingerprint density at radius 3 is 3.05 bits per heavy atom. The number of halogens is 1. The number of benzene rings is 1. The van der Waals surface area contributed by atoms with E-state index < -0.39 is 5.82 Å². The van der Waals surface area contributed by atoms with E-state index in [9.17, 15) is 9.18 Å². The molecule has 2 aromatic rings. The summed E-state index contributed by atoms with van der Waals surface area (Å²) >= 11 is 0. The topological polar surface area (TPSA) is 68.0 Å². The van der Waals surface area contributed by atoms with E-state index in [0.29, 0.717) is 28.9 Å². The minimum atomic E-state index is -0.424. The van der Waals surface area contributed by atoms with Crippen LogP contribution in [0.15, 0.2) is 30.5 Å². The van der Waals surface area contributed by atoms with Crippen molar-refractivity contribution in [2.75, 3.05) is 6.54 Å². The Kier molecular flexibility index (Phi) is 3.84. The van der Waals surface area contributed by atoms with Crippen molar-refractivity contribution in [2.45, 2.75) is 25.3 Å². The summed E-state index contributed by atoms with van der Waals surface area (Å²) in [6.07, 6.45) is 4.46. The van der Waals surface area contributed by atoms with Crippen LogP contribution >= 0.6 is 0 Å². The summed E-state index contributed by atoms with van der Waals surface area (Å²) in [5.74, 6) is -0.217. The number of amides is 1. The number of nitrogens with zero attached hydrogens (tertiary/aromatic N) is 1. The van der Waals surface area contributed by atoms with Gasteiger partial charge in [-0.1, -0.05) is 6.07 Å². The summed E-state index contributed by atoms with van der Waals surface area (Å²) in [5, 5.41) is 3.61. The average Bonchev–Trinajstić information content (AvgIpc) is 2.94. The molecule has 1 aliphatic carbocycles. The van der Waals surface area contributed by atoms with Gasteiger partial charge < -0.3 is 11.1 Å². The van der Waals surface area contributed by atoms with E-state index in [1.165, 1.54) is 12.1 Å². The monoisotopic (exact) mass is 287 g/mol. The molecule has 5 heteroatoms. The van der Waals surface area contributed by atoms with Gasteiger partial charge in [-0.05, 0) is 49.9 Å². The first-order valence-corrected chi connectivity index (χ1v) is 7.22. The lowest BCUT2D eigenvalue weighted by atomic mass is 10.1. The maximum Gasteiger partial charge on any atom is 0.253 e. The number of nitrogens with one attached hydrogen (secondary N) is 1. The molecule has 1 saturated carbocycles. The van der Waals surface area contributed by atoms with Crippen LogP contribution in [0.1, 0.15) is 29.6 Å². The molecule has 1 amide bonds. The van der Waals surface area contributed by atoms with Crippen LogP contribution in [0.25, 0.3) is 10.9 Å². The molecular formula is C16H18FN3O. The Morgan fingerprint density at radius 2 is 2.29 bits per heavy atom. The van der Waals surface area contributed by atoms with Crippen molar-refractivity contribution in [2.24, 2.45) is 11.7 Å². The van der Waals surface area contributed by atoms with E-state index in [-0.39, 0.29) is 11.9 Å². The second-order valence-electron chi connectivity index (χ2n) is 5.61. The number of nitrogens with two attached hydrogens (primary N) is 1. The van der Waals surface area contributed by atoms with Crippen molar-refractivity contribution in [3.63, 3.8) is 0 Å². The molecule has 3 rings (SSSR count). The number of pyridine rings is 1. The quantitative estimate of drug-likeness (QED) is 0.909. The third-order valence-electron chi connectivity index (χ3n) is 4.12. The van der Waals surface area contributed by atoms with Gasteiger partial charge in [0.2, 0.25) is 0 Å². The average molecular weight is 287 g/mol. The predicted octanol–water partition coefficient (Wildman–Crippen LogP) is 2.23. The molecule has 1 aromatic carbocycles. The Bertz CT molecular complexity index is 674. The molecule has 21 heavy (non-hydrogen) atoms. The van der Waals surface area contributed by atoms with E-state index in [1.807, 2.05) is 0 Å². The number of rotatable bonds is 3. The number of aromatic nitrogens is 1. The van der Waals surface area contributed by atoms with Crippen LogP contribution in [-0.4, -0.2) is 23.5 Å². The highest BCUT2D eigenvalue weighted by Gasteiger charge is 2.25. The lowest BCUT2D eigenvalue weighted by Gasteiger charge is -2.14. The van der Waals surface area contributed by atoms with Gasteiger partial charge in [0.1, 0.15) is 5.82 Å². The van der Waals surface area contributed by atoms with Gasteiger partial charge in [0.05, 0.1) is 11.1 Å². The number of hydrogen-bond donors (Lipinski definition) is 2. The molecule has 4 nitrogen and oxygen atoms in total. The summed E-state index contributed by atoms with van der Waals surface area (Å²) < 4.78 is 13.7. The zero-order valence-corrected chi connectivity index (χ0v) is 11.7. The van der Waals surface area contributed by atoms with Crippen LogP contribution in [0.4, 0.5) is 4.39 Å². The third kappa shape index (κ3) is 2.88. The van der Waals surface area contributed by atoms with Crippen LogP contribution in [0, 0.1) is 11.7 Å². The van der Waals surface area contributed by atoms with E-state index in [0.717, 1.165) is 19.3 Å². The maximum atomic E-state index is 13.7. The molecule has 0 bridgehead atoms. The maximum absolute atomic E-state index is 13.7. The number of carbonyl (C=O) groups is 1. The van der Waals surface area contributed by atoms with E-state index in [4.69, 9.17) is 5.73 Å². The molecule has 0 saturated heterocycles. The first kappa shape index (κ1) is 13.9. The third-order valence-corrected chi connectivity index (χ3v) is 4.12. The SMILES string of the molecule is NCC1CCC(NC(=O)c2cc(F)cc3cccnc23)C1. The predicted molar refractivity (Wildman–Crippen MR) is 79.4 cm³/mol. The molecule has 1 fully saturated rings. The highest BCUT2D eigenvalue weighted by molar-refractivity contribution is 6.05. The highest BCUT2D eigenvalue weighted by Crippen LogP contribution is 2.25. The van der Waals surface area contributed by atoms with E-state index in [1.54, 1.807) is 18.3 Å². The Labute approximate surface area is 122 Å². The molecule has 110 valence electrons. The first-order valence-electron chi connectivity index (χ1n) is 7.22. The van der Waals surface area contributed by atoms with E-state index >= 15 is 0 Å². The number of hydrogen-bond acceptors (Lipinski definition) is 3. The van der Waals surface area contributed by atoms with E-state index in [2.05, 4.69) is 10.3 Å². The lowest BCUT2D eigenvalue weighted by Crippen LogP contribution is -2.33. The molecular weight excluding hydrogens is 269 g/mol. The van der Waals surface area contributed by atoms with Gasteiger partial charge in [-0.2, -0.15) is 0 Å². The summed E-state index contributed by atoms with van der Waals surface area (Å²) in [6.45, 7) is 0.650. The zero-order chi connectivity index (χ0) is 14.8. The molecule has 1 aromatic heterocycles. The molecule has 1 heterocycles. The Hall–Kier alpha value is -2.01. The van der Waals surface area contributed by atoms with Crippen molar-refractivity contribution in [3.8, 4) is 0 Å².